The van der Waals surface area contributed by atoms with E-state index in [1.165, 1.54) is 32.1 Å². The first-order chi connectivity index (χ1) is 14.7. The number of para-hydroxylation sites is 1. The molecule has 2 aliphatic rings. The van der Waals surface area contributed by atoms with Crippen LogP contribution in [0.4, 0.5) is 11.5 Å². The van der Waals surface area contributed by atoms with E-state index in [4.69, 9.17) is 4.74 Å². The number of carbonyl (C=O) groups excluding carboxylic acids is 2. The lowest BCUT2D eigenvalue weighted by Crippen LogP contribution is -2.30. The monoisotopic (exact) mass is 407 g/mol. The van der Waals surface area contributed by atoms with Gasteiger partial charge in [-0.25, -0.2) is 4.98 Å². The van der Waals surface area contributed by atoms with Crippen LogP contribution in [0.2, 0.25) is 0 Å². The number of amides is 2. The molecule has 1 aliphatic heterocycles. The second-order valence-electron chi connectivity index (χ2n) is 8.30. The van der Waals surface area contributed by atoms with Crippen LogP contribution in [0, 0.1) is 11.8 Å². The van der Waals surface area contributed by atoms with E-state index in [9.17, 15) is 9.59 Å². The Bertz CT molecular complexity index is 893. The van der Waals surface area contributed by atoms with E-state index in [1.807, 2.05) is 36.4 Å². The first kappa shape index (κ1) is 20.4. The van der Waals surface area contributed by atoms with Crippen LogP contribution in [0.25, 0.3) is 0 Å². The van der Waals surface area contributed by atoms with Crippen molar-refractivity contribution in [2.75, 3.05) is 17.2 Å². The number of fused-ring (bicyclic) bond motifs is 1. The molecule has 6 nitrogen and oxygen atoms in total. The number of ether oxygens (including phenoxy) is 1. The molecule has 1 aromatic heterocycles. The van der Waals surface area contributed by atoms with Gasteiger partial charge in [0.25, 0.3) is 0 Å². The molecule has 2 heterocycles. The maximum absolute atomic E-state index is 12.5. The molecular weight excluding hydrogens is 378 g/mol. The molecule has 1 aromatic carbocycles. The van der Waals surface area contributed by atoms with Gasteiger partial charge in [0.2, 0.25) is 11.8 Å². The van der Waals surface area contributed by atoms with E-state index in [-0.39, 0.29) is 24.2 Å². The number of hydrogen-bond donors (Lipinski definition) is 2. The second-order valence-corrected chi connectivity index (χ2v) is 8.30. The van der Waals surface area contributed by atoms with Gasteiger partial charge in [0.1, 0.15) is 0 Å². The van der Waals surface area contributed by atoms with Crippen LogP contribution < -0.4 is 15.4 Å². The number of aromatic nitrogens is 1. The van der Waals surface area contributed by atoms with Crippen LogP contribution in [0.5, 0.6) is 5.75 Å². The number of carbonyl (C=O) groups is 2. The van der Waals surface area contributed by atoms with Crippen LogP contribution in [-0.4, -0.2) is 23.4 Å². The molecule has 1 aliphatic carbocycles. The Kier molecular flexibility index (Phi) is 6.62. The summed E-state index contributed by atoms with van der Waals surface area (Å²) in [4.78, 5) is 29.2. The average molecular weight is 408 g/mol. The molecule has 30 heavy (non-hydrogen) atoms. The van der Waals surface area contributed by atoms with Crippen LogP contribution in [-0.2, 0) is 16.0 Å². The highest BCUT2D eigenvalue weighted by molar-refractivity contribution is 5.96. The van der Waals surface area contributed by atoms with Crippen LogP contribution >= 0.6 is 0 Å². The fourth-order valence-electron chi connectivity index (χ4n) is 4.31. The minimum atomic E-state index is -0.198. The topological polar surface area (TPSA) is 80.3 Å². The van der Waals surface area contributed by atoms with Crippen LogP contribution in [0.1, 0.15) is 50.5 Å². The summed E-state index contributed by atoms with van der Waals surface area (Å²) in [5.74, 6) is 1.28. The van der Waals surface area contributed by atoms with Gasteiger partial charge < -0.3 is 15.4 Å². The summed E-state index contributed by atoms with van der Waals surface area (Å²) in [5.41, 5.74) is 1.99. The van der Waals surface area contributed by atoms with Gasteiger partial charge in [-0.1, -0.05) is 37.5 Å². The number of benzene rings is 1. The van der Waals surface area contributed by atoms with Crippen molar-refractivity contribution >= 4 is 23.3 Å². The van der Waals surface area contributed by atoms with Crippen molar-refractivity contribution in [1.29, 1.82) is 0 Å². The predicted molar refractivity (Wildman–Crippen MR) is 116 cm³/mol. The summed E-state index contributed by atoms with van der Waals surface area (Å²) in [7, 11) is 0. The van der Waals surface area contributed by atoms with E-state index in [2.05, 4.69) is 15.6 Å². The molecule has 6 heteroatoms. The first-order valence-corrected chi connectivity index (χ1v) is 11.0. The van der Waals surface area contributed by atoms with Crippen molar-refractivity contribution in [2.24, 2.45) is 11.8 Å². The van der Waals surface area contributed by atoms with Gasteiger partial charge in [0.15, 0.2) is 11.6 Å². The standard InChI is InChI=1S/C24H29N3O3/c28-22(13-12-19-15-18-9-4-5-10-20(18)26-24(19)29)27-23-21(11-6-14-25-23)30-16-17-7-2-1-3-8-17/h4-6,9-11,14,17,19H,1-3,7-8,12-13,15-16H2,(H,26,29)(H,25,27,28). The minimum absolute atomic E-state index is 0.0177. The van der Waals surface area contributed by atoms with Crippen molar-refractivity contribution < 1.29 is 14.3 Å². The second kappa shape index (κ2) is 9.74. The first-order valence-electron chi connectivity index (χ1n) is 11.0. The van der Waals surface area contributed by atoms with E-state index in [0.29, 0.717) is 36.9 Å². The molecule has 0 saturated heterocycles. The fourth-order valence-corrected chi connectivity index (χ4v) is 4.31. The normalized spacial score (nSPS) is 18.9. The third kappa shape index (κ3) is 5.17. The maximum atomic E-state index is 12.5. The Balaban J connectivity index is 1.29. The van der Waals surface area contributed by atoms with E-state index in [0.717, 1.165) is 11.3 Å². The number of anilines is 2. The number of nitrogens with one attached hydrogen (secondary N) is 2. The van der Waals surface area contributed by atoms with Gasteiger partial charge in [0, 0.05) is 24.2 Å². The number of nitrogens with zero attached hydrogens (tertiary/aromatic N) is 1. The average Bonchev–Trinajstić information content (AvgIpc) is 2.78. The Labute approximate surface area is 177 Å². The van der Waals surface area contributed by atoms with E-state index < -0.39 is 0 Å². The van der Waals surface area contributed by atoms with Gasteiger partial charge in [0.05, 0.1) is 6.61 Å². The van der Waals surface area contributed by atoms with Gasteiger partial charge in [-0.15, -0.1) is 0 Å². The van der Waals surface area contributed by atoms with Gasteiger partial charge >= 0.3 is 0 Å². The van der Waals surface area contributed by atoms with Crippen molar-refractivity contribution in [3.8, 4) is 5.75 Å². The Hall–Kier alpha value is -2.89. The lowest BCUT2D eigenvalue weighted by Gasteiger charge is -2.24. The molecule has 158 valence electrons. The number of hydrogen-bond acceptors (Lipinski definition) is 4. The lowest BCUT2D eigenvalue weighted by atomic mass is 9.89. The highest BCUT2D eigenvalue weighted by Gasteiger charge is 2.26. The molecule has 4 rings (SSSR count). The van der Waals surface area contributed by atoms with Crippen LogP contribution in [0.15, 0.2) is 42.6 Å². The summed E-state index contributed by atoms with van der Waals surface area (Å²) in [5, 5.41) is 5.80. The Morgan fingerprint density at radius 3 is 2.83 bits per heavy atom. The summed E-state index contributed by atoms with van der Waals surface area (Å²) in [6.45, 7) is 0.663. The van der Waals surface area contributed by atoms with Crippen molar-refractivity contribution in [2.45, 2.75) is 51.4 Å². The molecule has 0 spiro atoms. The molecule has 0 radical (unpaired) electrons. The summed E-state index contributed by atoms with van der Waals surface area (Å²) >= 11 is 0. The fraction of sp³-hybridized carbons (Fsp3) is 0.458. The third-order valence-electron chi connectivity index (χ3n) is 6.06. The highest BCUT2D eigenvalue weighted by Crippen LogP contribution is 2.29. The van der Waals surface area contributed by atoms with Crippen molar-refractivity contribution in [3.63, 3.8) is 0 Å². The zero-order valence-corrected chi connectivity index (χ0v) is 17.2. The summed E-state index contributed by atoms with van der Waals surface area (Å²) in [6, 6.07) is 11.5. The van der Waals surface area contributed by atoms with Crippen molar-refractivity contribution in [1.82, 2.24) is 4.98 Å². The van der Waals surface area contributed by atoms with Gasteiger partial charge in [-0.3, -0.25) is 9.59 Å². The van der Waals surface area contributed by atoms with E-state index in [1.54, 1.807) is 6.20 Å². The zero-order chi connectivity index (χ0) is 20.8. The minimum Gasteiger partial charge on any atom is -0.489 e. The Morgan fingerprint density at radius 1 is 1.13 bits per heavy atom. The largest absolute Gasteiger partial charge is 0.489 e. The smallest absolute Gasteiger partial charge is 0.227 e. The Morgan fingerprint density at radius 2 is 1.97 bits per heavy atom. The molecular formula is C24H29N3O3. The maximum Gasteiger partial charge on any atom is 0.227 e. The molecule has 1 unspecified atom stereocenters. The van der Waals surface area contributed by atoms with Crippen LogP contribution in [0.3, 0.4) is 0 Å². The SMILES string of the molecule is O=C(CCC1Cc2ccccc2NC1=O)Nc1ncccc1OCC1CCCCC1. The van der Waals surface area contributed by atoms with E-state index >= 15 is 0 Å². The molecule has 2 aromatic rings. The molecule has 1 fully saturated rings. The molecule has 2 N–H and O–H groups in total. The zero-order valence-electron chi connectivity index (χ0n) is 17.2. The molecule has 1 atom stereocenters. The quantitative estimate of drug-likeness (QED) is 0.704. The third-order valence-corrected chi connectivity index (χ3v) is 6.06. The highest BCUT2D eigenvalue weighted by atomic mass is 16.5. The molecule has 1 saturated carbocycles. The number of pyridine rings is 1. The molecule has 2 amide bonds. The van der Waals surface area contributed by atoms with Gasteiger partial charge in [-0.05, 0) is 55.4 Å². The molecule has 0 bridgehead atoms. The summed E-state index contributed by atoms with van der Waals surface area (Å²) < 4.78 is 5.99. The van der Waals surface area contributed by atoms with Crippen molar-refractivity contribution in [3.05, 3.63) is 48.2 Å². The predicted octanol–water partition coefficient (Wildman–Crippen LogP) is 4.57. The van der Waals surface area contributed by atoms with Gasteiger partial charge in [-0.2, -0.15) is 0 Å². The number of rotatable bonds is 7. The lowest BCUT2D eigenvalue weighted by molar-refractivity contribution is -0.121. The summed E-state index contributed by atoms with van der Waals surface area (Å²) in [6.07, 6.45) is 9.32.